The van der Waals surface area contributed by atoms with Crippen molar-refractivity contribution in [1.29, 1.82) is 0 Å². The topological polar surface area (TPSA) is 57.7 Å². The zero-order valence-electron chi connectivity index (χ0n) is 13.6. The SMILES string of the molecule is O=C(C=Cc1cccs1)N1CCN(S(=O)(=O)c2c(F)cccc2F)CC1. The van der Waals surface area contributed by atoms with Gasteiger partial charge in [0.05, 0.1) is 0 Å². The van der Waals surface area contributed by atoms with Gasteiger partial charge in [-0.15, -0.1) is 11.3 Å². The maximum Gasteiger partial charge on any atom is 0.249 e. The van der Waals surface area contributed by atoms with Gasteiger partial charge in [0.25, 0.3) is 0 Å². The van der Waals surface area contributed by atoms with Crippen molar-refractivity contribution in [1.82, 2.24) is 9.21 Å². The zero-order valence-corrected chi connectivity index (χ0v) is 15.3. The predicted octanol–water partition coefficient (Wildman–Crippen LogP) is 2.57. The highest BCUT2D eigenvalue weighted by Gasteiger charge is 2.33. The van der Waals surface area contributed by atoms with E-state index < -0.39 is 26.6 Å². The fourth-order valence-corrected chi connectivity index (χ4v) is 4.80. The molecule has 1 fully saturated rings. The molecule has 2 heterocycles. The second-order valence-electron chi connectivity index (χ2n) is 5.63. The van der Waals surface area contributed by atoms with Crippen LogP contribution in [-0.2, 0) is 14.8 Å². The quantitative estimate of drug-likeness (QED) is 0.744. The third kappa shape index (κ3) is 3.84. The summed E-state index contributed by atoms with van der Waals surface area (Å²) in [5.41, 5.74) is 0. The standard InChI is InChI=1S/C17H16F2N2O3S2/c18-14-4-1-5-15(19)17(14)26(23,24)21-10-8-20(9-11-21)16(22)7-6-13-3-2-12-25-13/h1-7,12H,8-11H2. The van der Waals surface area contributed by atoms with Crippen LogP contribution in [0.4, 0.5) is 8.78 Å². The molecular formula is C17H16F2N2O3S2. The molecular weight excluding hydrogens is 382 g/mol. The van der Waals surface area contributed by atoms with Crippen molar-refractivity contribution in [3.63, 3.8) is 0 Å². The van der Waals surface area contributed by atoms with E-state index in [1.54, 1.807) is 6.08 Å². The molecule has 0 N–H and O–H groups in total. The summed E-state index contributed by atoms with van der Waals surface area (Å²) in [4.78, 5) is 13.7. The molecule has 0 radical (unpaired) electrons. The average molecular weight is 398 g/mol. The lowest BCUT2D eigenvalue weighted by Gasteiger charge is -2.33. The molecule has 0 bridgehead atoms. The van der Waals surface area contributed by atoms with Gasteiger partial charge in [-0.3, -0.25) is 4.79 Å². The van der Waals surface area contributed by atoms with Crippen molar-refractivity contribution in [2.45, 2.75) is 4.90 Å². The lowest BCUT2D eigenvalue weighted by Crippen LogP contribution is -2.50. The molecule has 26 heavy (non-hydrogen) atoms. The van der Waals surface area contributed by atoms with E-state index in [4.69, 9.17) is 0 Å². The first-order valence-electron chi connectivity index (χ1n) is 7.84. The molecule has 0 saturated carbocycles. The Bertz CT molecular complexity index is 899. The number of piperazine rings is 1. The van der Waals surface area contributed by atoms with Crippen molar-refractivity contribution in [3.8, 4) is 0 Å². The minimum absolute atomic E-state index is 0.0192. The first kappa shape index (κ1) is 18.7. The highest BCUT2D eigenvalue weighted by molar-refractivity contribution is 7.89. The summed E-state index contributed by atoms with van der Waals surface area (Å²) in [6.07, 6.45) is 3.14. The number of benzene rings is 1. The highest BCUT2D eigenvalue weighted by atomic mass is 32.2. The largest absolute Gasteiger partial charge is 0.337 e. The van der Waals surface area contributed by atoms with E-state index in [0.29, 0.717) is 0 Å². The summed E-state index contributed by atoms with van der Waals surface area (Å²) < 4.78 is 53.7. The van der Waals surface area contributed by atoms with Crippen LogP contribution < -0.4 is 0 Å². The van der Waals surface area contributed by atoms with E-state index in [-0.39, 0.29) is 32.1 Å². The van der Waals surface area contributed by atoms with Crippen LogP contribution in [0.5, 0.6) is 0 Å². The van der Waals surface area contributed by atoms with Gasteiger partial charge >= 0.3 is 0 Å². The summed E-state index contributed by atoms with van der Waals surface area (Å²) in [7, 11) is -4.29. The van der Waals surface area contributed by atoms with Crippen molar-refractivity contribution >= 4 is 33.3 Å². The predicted molar refractivity (Wildman–Crippen MR) is 95.0 cm³/mol. The van der Waals surface area contributed by atoms with Crippen LogP contribution in [0.25, 0.3) is 6.08 Å². The molecule has 2 aromatic rings. The molecule has 3 rings (SSSR count). The summed E-state index contributed by atoms with van der Waals surface area (Å²) >= 11 is 1.50. The van der Waals surface area contributed by atoms with Gasteiger partial charge < -0.3 is 4.90 Å². The molecule has 5 nitrogen and oxygen atoms in total. The monoisotopic (exact) mass is 398 g/mol. The van der Waals surface area contributed by atoms with Crippen LogP contribution in [0.1, 0.15) is 4.88 Å². The first-order chi connectivity index (χ1) is 12.4. The molecule has 1 amide bonds. The number of thiophene rings is 1. The fraction of sp³-hybridized carbons (Fsp3) is 0.235. The normalized spacial score (nSPS) is 16.3. The molecule has 1 aromatic heterocycles. The minimum Gasteiger partial charge on any atom is -0.337 e. The van der Waals surface area contributed by atoms with Crippen molar-refractivity contribution in [3.05, 3.63) is 58.3 Å². The van der Waals surface area contributed by atoms with Gasteiger partial charge in [0.15, 0.2) is 4.90 Å². The van der Waals surface area contributed by atoms with Crippen LogP contribution in [0.3, 0.4) is 0 Å². The molecule has 0 aliphatic carbocycles. The third-order valence-corrected chi connectivity index (χ3v) is 6.79. The molecule has 1 aliphatic heterocycles. The van der Waals surface area contributed by atoms with Crippen LogP contribution in [-0.4, -0.2) is 49.7 Å². The molecule has 9 heteroatoms. The van der Waals surface area contributed by atoms with Gasteiger partial charge in [0.2, 0.25) is 15.9 Å². The number of carbonyl (C=O) groups excluding carboxylic acids is 1. The van der Waals surface area contributed by atoms with E-state index >= 15 is 0 Å². The Balaban J connectivity index is 1.67. The fourth-order valence-electron chi connectivity index (χ4n) is 2.65. The van der Waals surface area contributed by atoms with Crippen molar-refractivity contribution < 1.29 is 22.0 Å². The first-order valence-corrected chi connectivity index (χ1v) is 10.2. The zero-order chi connectivity index (χ0) is 18.7. The number of halogens is 2. The number of carbonyl (C=O) groups is 1. The van der Waals surface area contributed by atoms with Crippen molar-refractivity contribution in [2.75, 3.05) is 26.2 Å². The van der Waals surface area contributed by atoms with E-state index in [1.165, 1.54) is 22.3 Å². The van der Waals surface area contributed by atoms with Crippen molar-refractivity contribution in [2.24, 2.45) is 0 Å². The Morgan fingerprint density at radius 3 is 2.27 bits per heavy atom. The molecule has 1 saturated heterocycles. The maximum absolute atomic E-state index is 13.8. The lowest BCUT2D eigenvalue weighted by atomic mass is 10.3. The number of sulfonamides is 1. The number of hydrogen-bond donors (Lipinski definition) is 0. The average Bonchev–Trinajstić information content (AvgIpc) is 3.13. The van der Waals surface area contributed by atoms with Crippen LogP contribution in [0.15, 0.2) is 46.7 Å². The highest BCUT2D eigenvalue weighted by Crippen LogP contribution is 2.23. The van der Waals surface area contributed by atoms with Crippen LogP contribution in [0.2, 0.25) is 0 Å². The molecule has 1 aliphatic rings. The Kier molecular flexibility index (Phi) is 5.49. The number of amides is 1. The summed E-state index contributed by atoms with van der Waals surface area (Å²) in [5, 5.41) is 1.90. The summed E-state index contributed by atoms with van der Waals surface area (Å²) in [6, 6.07) is 6.68. The molecule has 0 spiro atoms. The lowest BCUT2D eigenvalue weighted by molar-refractivity contribution is -0.127. The van der Waals surface area contributed by atoms with Gasteiger partial charge in [-0.1, -0.05) is 12.1 Å². The van der Waals surface area contributed by atoms with Gasteiger partial charge in [0.1, 0.15) is 11.6 Å². The Morgan fingerprint density at radius 1 is 1.04 bits per heavy atom. The Labute approximate surface area is 154 Å². The molecule has 138 valence electrons. The van der Waals surface area contributed by atoms with Gasteiger partial charge in [0, 0.05) is 37.1 Å². The second-order valence-corrected chi connectivity index (χ2v) is 8.48. The van der Waals surface area contributed by atoms with Gasteiger partial charge in [-0.05, 0) is 29.7 Å². The summed E-state index contributed by atoms with van der Waals surface area (Å²) in [6.45, 7) is 0.273. The number of hydrogen-bond acceptors (Lipinski definition) is 4. The molecule has 0 unspecified atom stereocenters. The van der Waals surface area contributed by atoms with E-state index in [2.05, 4.69) is 0 Å². The van der Waals surface area contributed by atoms with E-state index in [0.717, 1.165) is 27.4 Å². The maximum atomic E-state index is 13.8. The number of rotatable bonds is 4. The minimum atomic E-state index is -4.29. The number of nitrogens with zero attached hydrogens (tertiary/aromatic N) is 2. The van der Waals surface area contributed by atoms with Gasteiger partial charge in [-0.2, -0.15) is 4.31 Å². The van der Waals surface area contributed by atoms with Crippen LogP contribution in [0, 0.1) is 11.6 Å². The second kappa shape index (κ2) is 7.65. The smallest absolute Gasteiger partial charge is 0.249 e. The third-order valence-electron chi connectivity index (χ3n) is 4.00. The van der Waals surface area contributed by atoms with E-state index in [1.807, 2.05) is 17.5 Å². The Hall–Kier alpha value is -2.10. The van der Waals surface area contributed by atoms with E-state index in [9.17, 15) is 22.0 Å². The van der Waals surface area contributed by atoms with Crippen LogP contribution >= 0.6 is 11.3 Å². The summed E-state index contributed by atoms with van der Waals surface area (Å²) in [5.74, 6) is -2.47. The van der Waals surface area contributed by atoms with Gasteiger partial charge in [-0.25, -0.2) is 17.2 Å². The molecule has 0 atom stereocenters. The molecule has 1 aromatic carbocycles. The Morgan fingerprint density at radius 2 is 1.69 bits per heavy atom.